The van der Waals surface area contributed by atoms with Crippen molar-refractivity contribution in [2.24, 2.45) is 34.5 Å². The summed E-state index contributed by atoms with van der Waals surface area (Å²) in [7, 11) is 0. The summed E-state index contributed by atoms with van der Waals surface area (Å²) in [6.45, 7) is 5.99. The highest BCUT2D eigenvalue weighted by Gasteiger charge is 2.67. The van der Waals surface area contributed by atoms with Crippen LogP contribution in [0, 0.1) is 34.5 Å². The normalized spacial score (nSPS) is 58.2. The predicted octanol–water partition coefficient (Wildman–Crippen LogP) is 2.68. The summed E-state index contributed by atoms with van der Waals surface area (Å²) in [6, 6.07) is 0. The summed E-state index contributed by atoms with van der Waals surface area (Å²) in [4.78, 5) is 12.3. The molecule has 142 valence electrons. The van der Waals surface area contributed by atoms with E-state index in [0.717, 1.165) is 44.9 Å². The minimum atomic E-state index is -1.19. The second-order valence-electron chi connectivity index (χ2n) is 10.1. The van der Waals surface area contributed by atoms with Crippen molar-refractivity contribution in [1.82, 2.24) is 0 Å². The van der Waals surface area contributed by atoms with Gasteiger partial charge in [0.05, 0.1) is 12.2 Å². The van der Waals surface area contributed by atoms with Crippen molar-refractivity contribution in [3.63, 3.8) is 0 Å². The van der Waals surface area contributed by atoms with Gasteiger partial charge in [0.2, 0.25) is 0 Å². The number of carbonyl (C=O) groups is 1. The number of hydrogen-bond acceptors (Lipinski definition) is 4. The number of carbonyl (C=O) groups excluding carboxylic acids is 1. The van der Waals surface area contributed by atoms with Crippen LogP contribution < -0.4 is 0 Å². The fraction of sp³-hybridized carbons (Fsp3) is 0.952. The zero-order valence-electron chi connectivity index (χ0n) is 15.9. The minimum Gasteiger partial charge on any atom is -0.393 e. The van der Waals surface area contributed by atoms with E-state index >= 15 is 0 Å². The number of aliphatic hydroxyl groups is 3. The molecule has 0 radical (unpaired) electrons. The maximum absolute atomic E-state index is 12.3. The van der Waals surface area contributed by atoms with E-state index in [9.17, 15) is 20.1 Å². The van der Waals surface area contributed by atoms with E-state index in [1.54, 1.807) is 0 Å². The van der Waals surface area contributed by atoms with E-state index in [1.165, 1.54) is 6.92 Å². The smallest absolute Gasteiger partial charge is 0.161 e. The average molecular weight is 350 g/mol. The molecule has 4 heteroatoms. The van der Waals surface area contributed by atoms with Gasteiger partial charge in [0.25, 0.3) is 0 Å². The molecule has 0 aliphatic heterocycles. The van der Waals surface area contributed by atoms with Crippen molar-refractivity contribution < 1.29 is 20.1 Å². The molecule has 0 amide bonds. The molecule has 9 atom stereocenters. The van der Waals surface area contributed by atoms with Gasteiger partial charge in [-0.25, -0.2) is 0 Å². The second kappa shape index (κ2) is 5.53. The molecule has 4 aliphatic rings. The molecule has 0 saturated heterocycles. The van der Waals surface area contributed by atoms with Crippen LogP contribution in [0.25, 0.3) is 0 Å². The summed E-state index contributed by atoms with van der Waals surface area (Å²) in [5.41, 5.74) is -1.45. The molecule has 4 aliphatic carbocycles. The van der Waals surface area contributed by atoms with Gasteiger partial charge in [0, 0.05) is 5.41 Å². The van der Waals surface area contributed by atoms with E-state index in [-0.39, 0.29) is 34.7 Å². The first-order valence-electron chi connectivity index (χ1n) is 10.2. The summed E-state index contributed by atoms with van der Waals surface area (Å²) in [5.74, 6) is 1.35. The van der Waals surface area contributed by atoms with E-state index in [1.807, 2.05) is 0 Å². The van der Waals surface area contributed by atoms with Crippen molar-refractivity contribution >= 4 is 5.78 Å². The molecule has 0 unspecified atom stereocenters. The molecular weight excluding hydrogens is 316 g/mol. The van der Waals surface area contributed by atoms with Gasteiger partial charge >= 0.3 is 0 Å². The van der Waals surface area contributed by atoms with Crippen LogP contribution in [-0.2, 0) is 4.79 Å². The van der Waals surface area contributed by atoms with Crippen LogP contribution in [0.1, 0.15) is 72.1 Å². The summed E-state index contributed by atoms with van der Waals surface area (Å²) < 4.78 is 0. The Morgan fingerprint density at radius 3 is 2.28 bits per heavy atom. The van der Waals surface area contributed by atoms with E-state index < -0.39 is 5.60 Å². The SMILES string of the molecule is CC(=O)[C@@]1(O)CC[C@H]2[C@@H]3C[C@H](O)[C@H]4C[C@H](O)CC[C@]4(C)[C@H]3CC[C@@]21C. The van der Waals surface area contributed by atoms with Crippen molar-refractivity contribution in [3.05, 3.63) is 0 Å². The Hall–Kier alpha value is -0.450. The van der Waals surface area contributed by atoms with Crippen molar-refractivity contribution in [2.75, 3.05) is 0 Å². The van der Waals surface area contributed by atoms with Crippen LogP contribution in [0.5, 0.6) is 0 Å². The molecule has 25 heavy (non-hydrogen) atoms. The molecule has 4 fully saturated rings. The third-order valence-electron chi connectivity index (χ3n) is 9.39. The van der Waals surface area contributed by atoms with E-state index in [2.05, 4.69) is 13.8 Å². The summed E-state index contributed by atoms with van der Waals surface area (Å²) in [5, 5.41) is 32.2. The van der Waals surface area contributed by atoms with Crippen LogP contribution in [0.4, 0.5) is 0 Å². The molecule has 4 nitrogen and oxygen atoms in total. The minimum absolute atomic E-state index is 0.0832. The molecule has 0 spiro atoms. The van der Waals surface area contributed by atoms with Gasteiger partial charge < -0.3 is 15.3 Å². The van der Waals surface area contributed by atoms with Gasteiger partial charge in [-0.1, -0.05) is 13.8 Å². The fourth-order valence-electron chi connectivity index (χ4n) is 7.87. The molecule has 0 bridgehead atoms. The molecule has 4 saturated carbocycles. The van der Waals surface area contributed by atoms with Gasteiger partial charge in [0.15, 0.2) is 5.78 Å². The lowest BCUT2D eigenvalue weighted by atomic mass is 9.43. The first-order chi connectivity index (χ1) is 11.6. The van der Waals surface area contributed by atoms with Crippen LogP contribution in [0.2, 0.25) is 0 Å². The number of hydrogen-bond donors (Lipinski definition) is 3. The van der Waals surface area contributed by atoms with E-state index in [0.29, 0.717) is 24.2 Å². The first-order valence-corrected chi connectivity index (χ1v) is 10.2. The van der Waals surface area contributed by atoms with E-state index in [4.69, 9.17) is 0 Å². The largest absolute Gasteiger partial charge is 0.393 e. The monoisotopic (exact) mass is 350 g/mol. The third kappa shape index (κ3) is 2.20. The molecule has 4 rings (SSSR count). The van der Waals surface area contributed by atoms with Gasteiger partial charge in [-0.05, 0) is 87.4 Å². The Labute approximate surface area is 151 Å². The van der Waals surface area contributed by atoms with Crippen LogP contribution in [0.3, 0.4) is 0 Å². The van der Waals surface area contributed by atoms with Gasteiger partial charge in [-0.15, -0.1) is 0 Å². The summed E-state index contributed by atoms with van der Waals surface area (Å²) in [6.07, 6.45) is 6.07. The number of rotatable bonds is 1. The Balaban J connectivity index is 1.68. The van der Waals surface area contributed by atoms with Crippen molar-refractivity contribution in [2.45, 2.75) is 89.9 Å². The zero-order chi connectivity index (χ0) is 18.2. The third-order valence-corrected chi connectivity index (χ3v) is 9.39. The average Bonchev–Trinajstić information content (AvgIpc) is 2.83. The molecular formula is C21H34O4. The van der Waals surface area contributed by atoms with Crippen LogP contribution >= 0.6 is 0 Å². The van der Waals surface area contributed by atoms with Crippen LogP contribution in [-0.4, -0.2) is 38.9 Å². The lowest BCUT2D eigenvalue weighted by Crippen LogP contribution is -2.61. The highest BCUT2D eigenvalue weighted by Crippen LogP contribution is 2.68. The number of Topliss-reactive ketones (excluding diaryl/α,β-unsaturated/α-hetero) is 1. The predicted molar refractivity (Wildman–Crippen MR) is 94.8 cm³/mol. The fourth-order valence-corrected chi connectivity index (χ4v) is 7.87. The maximum Gasteiger partial charge on any atom is 0.161 e. The molecule has 0 heterocycles. The Bertz CT molecular complexity index is 576. The Morgan fingerprint density at radius 1 is 0.920 bits per heavy atom. The molecule has 3 N–H and O–H groups in total. The number of fused-ring (bicyclic) bond motifs is 5. The van der Waals surface area contributed by atoms with Crippen LogP contribution in [0.15, 0.2) is 0 Å². The number of ketones is 1. The van der Waals surface area contributed by atoms with Gasteiger partial charge in [-0.2, -0.15) is 0 Å². The molecule has 0 aromatic carbocycles. The summed E-state index contributed by atoms with van der Waals surface area (Å²) >= 11 is 0. The number of aliphatic hydroxyl groups excluding tert-OH is 2. The molecule has 0 aromatic heterocycles. The first kappa shape index (κ1) is 17.9. The van der Waals surface area contributed by atoms with Crippen molar-refractivity contribution in [3.8, 4) is 0 Å². The Kier molecular flexibility index (Phi) is 3.97. The zero-order valence-corrected chi connectivity index (χ0v) is 15.9. The second-order valence-corrected chi connectivity index (χ2v) is 10.1. The Morgan fingerprint density at radius 2 is 1.60 bits per heavy atom. The molecule has 0 aromatic rings. The quantitative estimate of drug-likeness (QED) is 0.679. The van der Waals surface area contributed by atoms with Gasteiger partial charge in [0.1, 0.15) is 5.60 Å². The topological polar surface area (TPSA) is 77.8 Å². The highest BCUT2D eigenvalue weighted by atomic mass is 16.3. The highest BCUT2D eigenvalue weighted by molar-refractivity contribution is 5.86. The lowest BCUT2D eigenvalue weighted by molar-refractivity contribution is -0.189. The van der Waals surface area contributed by atoms with Crippen molar-refractivity contribution in [1.29, 1.82) is 0 Å². The maximum atomic E-state index is 12.3. The standard InChI is InChI=1S/C21H34O4/c1-12(22)21(25)9-6-16-14-11-18(24)17-10-13(23)4-7-19(17,2)15(14)5-8-20(16,21)3/h13-18,23-25H,4-11H2,1-3H3/t13-,14-,15+,16+,17-,18+,19-,20+,21+/m1/s1. The lowest BCUT2D eigenvalue weighted by Gasteiger charge is -2.62. The van der Waals surface area contributed by atoms with Gasteiger partial charge in [-0.3, -0.25) is 4.79 Å².